The molecule has 0 saturated carbocycles. The van der Waals surface area contributed by atoms with E-state index >= 15 is 0 Å². The van der Waals surface area contributed by atoms with Crippen molar-refractivity contribution in [2.45, 2.75) is 99.4 Å². The lowest BCUT2D eigenvalue weighted by atomic mass is 9.95. The molecule has 45 heavy (non-hydrogen) atoms. The van der Waals surface area contributed by atoms with E-state index in [1.807, 2.05) is 0 Å². The molecule has 0 bridgehead atoms. The number of hydrogen-bond donors (Lipinski definition) is 13. The minimum atomic E-state index is -1.67. The van der Waals surface area contributed by atoms with E-state index in [0.717, 1.165) is 6.42 Å². The number of aliphatic hydroxyl groups excluding tert-OH is 3. The van der Waals surface area contributed by atoms with E-state index in [2.05, 4.69) is 26.3 Å². The van der Waals surface area contributed by atoms with Crippen LogP contribution >= 0.6 is 0 Å². The minimum Gasteiger partial charge on any atom is -0.480 e. The molecule has 3 unspecified atom stereocenters. The number of carbonyl (C=O) groups excluding carboxylic acids is 3. The quantitative estimate of drug-likeness (QED) is 0.0614. The molecular formula is C25H48N10O10. The highest BCUT2D eigenvalue weighted by Crippen LogP contribution is 2.22. The highest BCUT2D eigenvalue weighted by molar-refractivity contribution is 5.89. The van der Waals surface area contributed by atoms with Crippen molar-refractivity contribution in [2.24, 2.45) is 33.7 Å². The number of carboxylic acid groups (broad SMARTS) is 1. The Labute approximate surface area is 259 Å². The standard InChI is InChI=1S/C25H48N10O10/c26-5-1-3-11(28)7-15(37)31-6-2-4-12(29)8-16(38)32-19-21(40)20(39)14(10-44-24(30)43)45-22(19)35-25-33-17(13(36)9-27)18(34-25)23(41)42/h11-14,17-22,36,39-40H,1-10,26-29H2,(H2,30,43)(H,31,37)(H,32,38)(H,41,42)(H2,33,34,35)/t11?,12?,13?,14-,17-,18+,19-,20+,21+,22-/m1/s1. The van der Waals surface area contributed by atoms with Gasteiger partial charge in [-0.05, 0) is 32.2 Å². The number of carboxylic acids is 1. The van der Waals surface area contributed by atoms with Crippen LogP contribution in [0.2, 0.25) is 0 Å². The molecule has 18 N–H and O–H groups in total. The molecule has 258 valence electrons. The molecule has 20 nitrogen and oxygen atoms in total. The number of rotatable bonds is 18. The Morgan fingerprint density at radius 1 is 1.02 bits per heavy atom. The number of aliphatic carboxylic acids is 1. The normalized spacial score (nSPS) is 28.2. The summed E-state index contributed by atoms with van der Waals surface area (Å²) in [6.45, 7) is 0.000210. The van der Waals surface area contributed by atoms with Crippen LogP contribution in [0.15, 0.2) is 4.99 Å². The lowest BCUT2D eigenvalue weighted by Gasteiger charge is -2.43. The second kappa shape index (κ2) is 18.6. The van der Waals surface area contributed by atoms with Gasteiger partial charge in [0, 0.05) is 38.0 Å². The lowest BCUT2D eigenvalue weighted by molar-refractivity contribution is -0.198. The van der Waals surface area contributed by atoms with Crippen LogP contribution in [-0.2, 0) is 23.9 Å². The zero-order valence-electron chi connectivity index (χ0n) is 24.9. The summed E-state index contributed by atoms with van der Waals surface area (Å²) >= 11 is 0. The molecule has 1 saturated heterocycles. The number of aliphatic imine (C=N–C) groups is 1. The number of guanidine groups is 1. The molecule has 2 aliphatic heterocycles. The van der Waals surface area contributed by atoms with Crippen molar-refractivity contribution in [3.05, 3.63) is 0 Å². The maximum absolute atomic E-state index is 12.9. The molecule has 2 heterocycles. The van der Waals surface area contributed by atoms with E-state index in [-0.39, 0.29) is 37.3 Å². The second-order valence-electron chi connectivity index (χ2n) is 11.0. The van der Waals surface area contributed by atoms with Gasteiger partial charge in [-0.15, -0.1) is 0 Å². The smallest absolute Gasteiger partial charge is 0.404 e. The summed E-state index contributed by atoms with van der Waals surface area (Å²) in [5.74, 6) is -2.33. The second-order valence-corrected chi connectivity index (χ2v) is 11.0. The number of nitrogens with one attached hydrogen (secondary N) is 4. The number of nitrogens with two attached hydrogens (primary N) is 5. The van der Waals surface area contributed by atoms with Gasteiger partial charge in [0.15, 0.2) is 18.2 Å². The van der Waals surface area contributed by atoms with Crippen LogP contribution in [0.4, 0.5) is 4.79 Å². The van der Waals surface area contributed by atoms with Gasteiger partial charge in [0.25, 0.3) is 0 Å². The van der Waals surface area contributed by atoms with Crippen LogP contribution < -0.4 is 49.9 Å². The third kappa shape index (κ3) is 12.2. The molecule has 3 amide bonds. The summed E-state index contributed by atoms with van der Waals surface area (Å²) in [6, 6.07) is -4.78. The molecular weight excluding hydrogens is 600 g/mol. The van der Waals surface area contributed by atoms with Crippen LogP contribution in [0.1, 0.15) is 38.5 Å². The first kappa shape index (κ1) is 37.8. The lowest BCUT2D eigenvalue weighted by Crippen LogP contribution is -2.69. The maximum atomic E-state index is 12.9. The van der Waals surface area contributed by atoms with Gasteiger partial charge in [-0.3, -0.25) is 9.59 Å². The van der Waals surface area contributed by atoms with Crippen molar-refractivity contribution in [1.29, 1.82) is 0 Å². The molecule has 0 spiro atoms. The highest BCUT2D eigenvalue weighted by atomic mass is 16.6. The summed E-state index contributed by atoms with van der Waals surface area (Å²) in [5, 5.41) is 51.9. The van der Waals surface area contributed by atoms with Crippen LogP contribution in [-0.4, -0.2) is 137 Å². The SMILES string of the molecule is NCCCC(N)CC(=O)NCCCC(N)CC(=O)N[C@@H]1[C@H](O)[C@@H](O)[C@@H](COC(N)=O)O[C@H]1NC1=N[C@H](C(=O)O)[C@@H](C(O)CN)N1. The Hall–Kier alpha value is -3.37. The summed E-state index contributed by atoms with van der Waals surface area (Å²) in [5.41, 5.74) is 27.9. The van der Waals surface area contributed by atoms with Gasteiger partial charge in [0.2, 0.25) is 11.8 Å². The first-order valence-electron chi connectivity index (χ1n) is 14.7. The van der Waals surface area contributed by atoms with Gasteiger partial charge in [-0.25, -0.2) is 14.6 Å². The maximum Gasteiger partial charge on any atom is 0.404 e. The number of hydrogen-bond acceptors (Lipinski definition) is 16. The van der Waals surface area contributed by atoms with Crippen molar-refractivity contribution in [3.8, 4) is 0 Å². The Bertz CT molecular complexity index is 1020. The van der Waals surface area contributed by atoms with Crippen molar-refractivity contribution in [1.82, 2.24) is 21.3 Å². The Kier molecular flexibility index (Phi) is 15.6. The van der Waals surface area contributed by atoms with Gasteiger partial charge in [0.1, 0.15) is 31.0 Å². The molecule has 0 aromatic rings. The first-order chi connectivity index (χ1) is 21.3. The summed E-state index contributed by atoms with van der Waals surface area (Å²) in [7, 11) is 0. The number of carbonyl (C=O) groups is 4. The van der Waals surface area contributed by atoms with Gasteiger partial charge in [-0.2, -0.15) is 0 Å². The van der Waals surface area contributed by atoms with Gasteiger partial charge >= 0.3 is 12.1 Å². The van der Waals surface area contributed by atoms with Gasteiger partial charge in [0.05, 0.1) is 12.1 Å². The minimum absolute atomic E-state index is 0.165. The first-order valence-corrected chi connectivity index (χ1v) is 14.7. The van der Waals surface area contributed by atoms with E-state index in [4.69, 9.17) is 38.1 Å². The zero-order chi connectivity index (χ0) is 33.7. The van der Waals surface area contributed by atoms with Crippen LogP contribution in [0.5, 0.6) is 0 Å². The van der Waals surface area contributed by atoms with Crippen LogP contribution in [0.3, 0.4) is 0 Å². The fourth-order valence-corrected chi connectivity index (χ4v) is 4.89. The topological polar surface area (TPSA) is 358 Å². The van der Waals surface area contributed by atoms with Gasteiger partial charge in [-0.1, -0.05) is 0 Å². The van der Waals surface area contributed by atoms with Crippen LogP contribution in [0, 0.1) is 0 Å². The summed E-state index contributed by atoms with van der Waals surface area (Å²) in [4.78, 5) is 51.7. The van der Waals surface area contributed by atoms with E-state index in [1.165, 1.54) is 0 Å². The molecule has 1 fully saturated rings. The fourth-order valence-electron chi connectivity index (χ4n) is 4.89. The molecule has 0 aliphatic carbocycles. The van der Waals surface area contributed by atoms with Crippen molar-refractivity contribution in [2.75, 3.05) is 26.2 Å². The zero-order valence-corrected chi connectivity index (χ0v) is 24.9. The third-order valence-corrected chi connectivity index (χ3v) is 7.31. The molecule has 2 rings (SSSR count). The predicted molar refractivity (Wildman–Crippen MR) is 158 cm³/mol. The van der Waals surface area contributed by atoms with Crippen molar-refractivity contribution >= 4 is 29.8 Å². The largest absolute Gasteiger partial charge is 0.480 e. The Balaban J connectivity index is 2.00. The monoisotopic (exact) mass is 648 g/mol. The highest BCUT2D eigenvalue weighted by Gasteiger charge is 2.47. The van der Waals surface area contributed by atoms with Crippen molar-refractivity contribution < 1.29 is 49.1 Å². The predicted octanol–water partition coefficient (Wildman–Crippen LogP) is -6.23. The number of aliphatic hydroxyl groups is 3. The van der Waals surface area contributed by atoms with E-state index in [1.54, 1.807) is 0 Å². The molecule has 0 radical (unpaired) electrons. The number of amides is 3. The molecule has 20 heteroatoms. The fraction of sp³-hybridized carbons (Fsp3) is 0.800. The summed E-state index contributed by atoms with van der Waals surface area (Å²) in [6.07, 6.45) is -6.24. The van der Waals surface area contributed by atoms with E-state index in [9.17, 15) is 39.6 Å². The number of primary amides is 1. The van der Waals surface area contributed by atoms with Crippen molar-refractivity contribution in [3.63, 3.8) is 0 Å². The average molecular weight is 649 g/mol. The summed E-state index contributed by atoms with van der Waals surface area (Å²) < 4.78 is 10.5. The number of ether oxygens (including phenoxy) is 2. The molecule has 2 aliphatic rings. The third-order valence-electron chi connectivity index (χ3n) is 7.31. The van der Waals surface area contributed by atoms with Crippen LogP contribution in [0.25, 0.3) is 0 Å². The molecule has 10 atom stereocenters. The van der Waals surface area contributed by atoms with E-state index in [0.29, 0.717) is 32.4 Å². The molecule has 0 aromatic carbocycles. The Morgan fingerprint density at radius 3 is 2.27 bits per heavy atom. The van der Waals surface area contributed by atoms with Gasteiger partial charge < -0.3 is 79.8 Å². The average Bonchev–Trinajstić information content (AvgIpc) is 3.41. The number of nitrogens with zero attached hydrogens (tertiary/aromatic N) is 1. The Morgan fingerprint density at radius 2 is 1.67 bits per heavy atom. The van der Waals surface area contributed by atoms with E-state index < -0.39 is 79.4 Å². The molecule has 0 aromatic heterocycles.